The number of pyridine rings is 1. The van der Waals surface area contributed by atoms with Crippen LogP contribution >= 0.6 is 0 Å². The fraction of sp³-hybridized carbons (Fsp3) is 0.381. The monoisotopic (exact) mass is 321 g/mol. The van der Waals surface area contributed by atoms with Gasteiger partial charge < -0.3 is 0 Å². The number of fused-ring (bicyclic) bond motifs is 1. The molecule has 0 bridgehead atoms. The van der Waals surface area contributed by atoms with E-state index in [0.29, 0.717) is 0 Å². The third kappa shape index (κ3) is 3.18. The summed E-state index contributed by atoms with van der Waals surface area (Å²) in [6, 6.07) is 9.22. The maximum atomic E-state index is 4.82. The Balaban J connectivity index is 2.10. The van der Waals surface area contributed by atoms with Crippen molar-refractivity contribution < 1.29 is 0 Å². The van der Waals surface area contributed by atoms with Gasteiger partial charge in [-0.25, -0.2) is 0 Å². The number of nitrogens with zero attached hydrogens (tertiary/aromatic N) is 1. The van der Waals surface area contributed by atoms with Crippen LogP contribution in [-0.4, -0.2) is 13.1 Å². The van der Waals surface area contributed by atoms with Gasteiger partial charge in [-0.3, -0.25) is 4.98 Å². The second-order valence-corrected chi connectivity index (χ2v) is 12.8. The molecule has 0 atom stereocenters. The van der Waals surface area contributed by atoms with Gasteiger partial charge >= 0.3 is 0 Å². The fourth-order valence-corrected chi connectivity index (χ4v) is 4.46. The summed E-state index contributed by atoms with van der Waals surface area (Å²) in [7, 11) is -1.29. The number of hydrogen-bond donors (Lipinski definition) is 0. The van der Waals surface area contributed by atoms with E-state index < -0.39 is 8.07 Å². The van der Waals surface area contributed by atoms with Crippen molar-refractivity contribution >= 4 is 18.8 Å². The van der Waals surface area contributed by atoms with Crippen molar-refractivity contribution in [3.8, 4) is 11.3 Å². The summed E-state index contributed by atoms with van der Waals surface area (Å²) in [5.41, 5.74) is 7.92. The van der Waals surface area contributed by atoms with Crippen LogP contribution in [0.5, 0.6) is 0 Å². The molecule has 1 aromatic carbocycles. The highest BCUT2D eigenvalue weighted by atomic mass is 28.3. The van der Waals surface area contributed by atoms with Gasteiger partial charge in [0, 0.05) is 11.8 Å². The standard InChI is InChI=1S/C21H27NSi/c1-6-7-16-12-17-9-8-15(2)21(17)19(13-16)20-11-10-18(14-22-20)23(3,4)5/h10-14H,2,6-9H2,1,3-5H3. The van der Waals surface area contributed by atoms with Crippen LogP contribution in [0.4, 0.5) is 0 Å². The van der Waals surface area contributed by atoms with Crippen molar-refractivity contribution in [2.75, 3.05) is 0 Å². The Morgan fingerprint density at radius 1 is 1.13 bits per heavy atom. The first-order chi connectivity index (χ1) is 10.9. The van der Waals surface area contributed by atoms with E-state index in [4.69, 9.17) is 4.98 Å². The van der Waals surface area contributed by atoms with Crippen molar-refractivity contribution in [3.63, 3.8) is 0 Å². The highest BCUT2D eigenvalue weighted by Crippen LogP contribution is 2.39. The van der Waals surface area contributed by atoms with Crippen molar-refractivity contribution in [3.05, 3.63) is 53.7 Å². The molecule has 0 radical (unpaired) electrons. The molecule has 1 heterocycles. The first kappa shape index (κ1) is 16.2. The lowest BCUT2D eigenvalue weighted by atomic mass is 9.94. The van der Waals surface area contributed by atoms with Crippen molar-refractivity contribution in [2.45, 2.75) is 52.2 Å². The van der Waals surface area contributed by atoms with Crippen LogP contribution in [0, 0.1) is 0 Å². The van der Waals surface area contributed by atoms with Crippen molar-refractivity contribution in [1.29, 1.82) is 0 Å². The average molecular weight is 322 g/mol. The molecule has 23 heavy (non-hydrogen) atoms. The summed E-state index contributed by atoms with van der Waals surface area (Å²) >= 11 is 0. The molecule has 0 saturated carbocycles. The smallest absolute Gasteiger partial charge is 0.0796 e. The van der Waals surface area contributed by atoms with E-state index in [9.17, 15) is 0 Å². The van der Waals surface area contributed by atoms with Crippen LogP contribution in [0.15, 0.2) is 37.0 Å². The van der Waals surface area contributed by atoms with Gasteiger partial charge in [-0.15, -0.1) is 0 Å². The number of aromatic nitrogens is 1. The maximum Gasteiger partial charge on any atom is 0.0796 e. The summed E-state index contributed by atoms with van der Waals surface area (Å²) in [6.07, 6.45) is 6.63. The molecular formula is C21H27NSi. The first-order valence-corrected chi connectivity index (χ1v) is 12.2. The number of benzene rings is 1. The van der Waals surface area contributed by atoms with E-state index >= 15 is 0 Å². The molecule has 3 rings (SSSR count). The lowest BCUT2D eigenvalue weighted by Gasteiger charge is -2.17. The normalized spacial score (nSPS) is 14.2. The zero-order valence-corrected chi connectivity index (χ0v) is 15.9. The Kier molecular flexibility index (Phi) is 4.28. The quantitative estimate of drug-likeness (QED) is 0.705. The van der Waals surface area contributed by atoms with Crippen LogP contribution in [0.1, 0.15) is 36.5 Å². The number of hydrogen-bond acceptors (Lipinski definition) is 1. The number of rotatable bonds is 4. The third-order valence-electron chi connectivity index (χ3n) is 4.77. The molecule has 120 valence electrons. The molecule has 0 saturated heterocycles. The van der Waals surface area contributed by atoms with Crippen LogP contribution in [0.3, 0.4) is 0 Å². The van der Waals surface area contributed by atoms with Gasteiger partial charge in [-0.2, -0.15) is 0 Å². The van der Waals surface area contributed by atoms with Crippen LogP contribution in [0.25, 0.3) is 16.8 Å². The molecule has 0 aliphatic heterocycles. The van der Waals surface area contributed by atoms with Gasteiger partial charge in [-0.1, -0.05) is 51.7 Å². The molecule has 0 N–H and O–H groups in total. The molecular weight excluding hydrogens is 294 g/mol. The van der Waals surface area contributed by atoms with Crippen molar-refractivity contribution in [2.24, 2.45) is 0 Å². The Hall–Kier alpha value is -1.67. The molecule has 1 aliphatic rings. The minimum atomic E-state index is -1.29. The van der Waals surface area contributed by atoms with Gasteiger partial charge in [-0.05, 0) is 58.8 Å². The minimum absolute atomic E-state index is 1.09. The van der Waals surface area contributed by atoms with Gasteiger partial charge in [0.05, 0.1) is 13.8 Å². The SMILES string of the molecule is C=C1CCc2cc(CCC)cc(-c3ccc([Si](C)(C)C)cn3)c21. The van der Waals surface area contributed by atoms with Gasteiger partial charge in [0.15, 0.2) is 0 Å². The second kappa shape index (κ2) is 6.08. The maximum absolute atomic E-state index is 4.82. The molecule has 0 spiro atoms. The molecule has 0 fully saturated rings. The zero-order valence-electron chi connectivity index (χ0n) is 14.9. The zero-order chi connectivity index (χ0) is 16.6. The molecule has 2 heteroatoms. The first-order valence-electron chi connectivity index (χ1n) is 8.71. The van der Waals surface area contributed by atoms with Gasteiger partial charge in [0.25, 0.3) is 0 Å². The Morgan fingerprint density at radius 3 is 2.52 bits per heavy atom. The fourth-order valence-electron chi connectivity index (χ4n) is 3.43. The largest absolute Gasteiger partial charge is 0.256 e. The van der Waals surface area contributed by atoms with E-state index in [1.165, 1.54) is 39.4 Å². The van der Waals surface area contributed by atoms with Crippen LogP contribution in [0.2, 0.25) is 19.6 Å². The summed E-state index contributed by atoms with van der Waals surface area (Å²) in [5.74, 6) is 0. The highest BCUT2D eigenvalue weighted by Gasteiger charge is 2.22. The summed E-state index contributed by atoms with van der Waals surface area (Å²) in [4.78, 5) is 4.82. The van der Waals surface area contributed by atoms with E-state index in [1.54, 1.807) is 0 Å². The molecule has 0 unspecified atom stereocenters. The summed E-state index contributed by atoms with van der Waals surface area (Å²) < 4.78 is 0. The summed E-state index contributed by atoms with van der Waals surface area (Å²) in [5, 5.41) is 1.42. The predicted octanol–water partition coefficient (Wildman–Crippen LogP) is 5.21. The second-order valence-electron chi connectivity index (χ2n) is 7.71. The van der Waals surface area contributed by atoms with Crippen molar-refractivity contribution in [1.82, 2.24) is 4.98 Å². The number of aryl methyl sites for hydroxylation is 2. The summed E-state index contributed by atoms with van der Waals surface area (Å²) in [6.45, 7) is 13.6. The van der Waals surface area contributed by atoms with E-state index in [0.717, 1.165) is 25.0 Å². The Labute approximate surface area is 141 Å². The van der Waals surface area contributed by atoms with Crippen LogP contribution < -0.4 is 5.19 Å². The van der Waals surface area contributed by atoms with E-state index in [1.807, 2.05) is 0 Å². The Morgan fingerprint density at radius 2 is 1.91 bits per heavy atom. The lowest BCUT2D eigenvalue weighted by Crippen LogP contribution is -2.37. The van der Waals surface area contributed by atoms with Gasteiger partial charge in [0.1, 0.15) is 0 Å². The topological polar surface area (TPSA) is 12.9 Å². The highest BCUT2D eigenvalue weighted by molar-refractivity contribution is 6.88. The molecule has 1 nitrogen and oxygen atoms in total. The number of allylic oxidation sites excluding steroid dienone is 1. The predicted molar refractivity (Wildman–Crippen MR) is 104 cm³/mol. The van der Waals surface area contributed by atoms with E-state index in [-0.39, 0.29) is 0 Å². The molecule has 1 aliphatic carbocycles. The lowest BCUT2D eigenvalue weighted by molar-refractivity contribution is 0.918. The van der Waals surface area contributed by atoms with Gasteiger partial charge in [0.2, 0.25) is 0 Å². The third-order valence-corrected chi connectivity index (χ3v) is 6.80. The molecule has 1 aromatic heterocycles. The van der Waals surface area contributed by atoms with Crippen LogP contribution in [-0.2, 0) is 12.8 Å². The minimum Gasteiger partial charge on any atom is -0.256 e. The average Bonchev–Trinajstić information content (AvgIpc) is 2.88. The van der Waals surface area contributed by atoms with E-state index in [2.05, 4.69) is 63.6 Å². The molecule has 0 amide bonds. The molecule has 2 aromatic rings. The Bertz CT molecular complexity index is 736.